The molecular formula is C12H16N4O2. The number of carbonyl (C=O) groups is 1. The van der Waals surface area contributed by atoms with E-state index in [0.29, 0.717) is 13.1 Å². The summed E-state index contributed by atoms with van der Waals surface area (Å²) >= 11 is 0. The summed E-state index contributed by atoms with van der Waals surface area (Å²) in [5, 5.41) is 0. The molecule has 0 radical (unpaired) electrons. The molecule has 3 N–H and O–H groups in total. The zero-order valence-electron chi connectivity index (χ0n) is 10.2. The van der Waals surface area contributed by atoms with Crippen LogP contribution in [-0.4, -0.2) is 15.0 Å². The van der Waals surface area contributed by atoms with Gasteiger partial charge in [0.1, 0.15) is 0 Å². The molecule has 1 aromatic heterocycles. The Hall–Kier alpha value is -2.08. The van der Waals surface area contributed by atoms with Crippen LogP contribution in [0.4, 0.5) is 0 Å². The van der Waals surface area contributed by atoms with E-state index in [1.165, 1.54) is 0 Å². The first-order valence-corrected chi connectivity index (χ1v) is 5.86. The van der Waals surface area contributed by atoms with E-state index in [2.05, 4.69) is 5.43 Å². The Bertz CT molecular complexity index is 627. The molecule has 2 rings (SSSR count). The summed E-state index contributed by atoms with van der Waals surface area (Å²) in [7, 11) is 0. The summed E-state index contributed by atoms with van der Waals surface area (Å²) in [5.41, 5.74) is 3.70. The van der Waals surface area contributed by atoms with Crippen LogP contribution in [-0.2, 0) is 17.9 Å². The fraction of sp³-hybridized carbons (Fsp3) is 0.333. The largest absolute Gasteiger partial charge is 0.329 e. The second-order valence-electron chi connectivity index (χ2n) is 3.98. The van der Waals surface area contributed by atoms with Crippen molar-refractivity contribution >= 4 is 16.9 Å². The second kappa shape index (κ2) is 5.05. The Morgan fingerprint density at radius 2 is 1.89 bits per heavy atom. The van der Waals surface area contributed by atoms with Gasteiger partial charge in [-0.1, -0.05) is 12.1 Å². The number of hydrogen-bond donors (Lipinski definition) is 2. The van der Waals surface area contributed by atoms with E-state index >= 15 is 0 Å². The molecule has 6 nitrogen and oxygen atoms in total. The average molecular weight is 248 g/mol. The van der Waals surface area contributed by atoms with Crippen LogP contribution in [0.25, 0.3) is 11.0 Å². The van der Waals surface area contributed by atoms with Gasteiger partial charge in [-0.3, -0.25) is 19.4 Å². The van der Waals surface area contributed by atoms with E-state index in [1.807, 2.05) is 31.2 Å². The number of amides is 1. The number of hydrazine groups is 1. The average Bonchev–Trinajstić information content (AvgIpc) is 2.67. The topological polar surface area (TPSA) is 82.0 Å². The van der Waals surface area contributed by atoms with Gasteiger partial charge in [0, 0.05) is 19.5 Å². The number of nitrogens with two attached hydrogens (primary N) is 1. The molecule has 0 unspecified atom stereocenters. The molecule has 0 atom stereocenters. The van der Waals surface area contributed by atoms with Crippen molar-refractivity contribution in [2.24, 2.45) is 5.84 Å². The molecule has 96 valence electrons. The molecule has 2 aromatic rings. The third kappa shape index (κ3) is 2.02. The summed E-state index contributed by atoms with van der Waals surface area (Å²) in [6, 6.07) is 7.55. The van der Waals surface area contributed by atoms with Crippen molar-refractivity contribution in [3.05, 3.63) is 34.7 Å². The van der Waals surface area contributed by atoms with Crippen molar-refractivity contribution in [1.82, 2.24) is 14.6 Å². The maximum atomic E-state index is 12.2. The van der Waals surface area contributed by atoms with Crippen LogP contribution in [0, 0.1) is 0 Å². The monoisotopic (exact) mass is 248 g/mol. The maximum absolute atomic E-state index is 12.2. The number of aryl methyl sites for hydroxylation is 2. The summed E-state index contributed by atoms with van der Waals surface area (Å²) in [6.45, 7) is 2.86. The van der Waals surface area contributed by atoms with E-state index in [1.54, 1.807) is 9.13 Å². The molecule has 0 fully saturated rings. The molecule has 0 bridgehead atoms. The third-order valence-corrected chi connectivity index (χ3v) is 2.96. The van der Waals surface area contributed by atoms with Crippen LogP contribution >= 0.6 is 0 Å². The lowest BCUT2D eigenvalue weighted by atomic mass is 10.3. The first-order chi connectivity index (χ1) is 8.69. The zero-order chi connectivity index (χ0) is 13.1. The minimum atomic E-state index is -0.282. The molecule has 0 aliphatic heterocycles. The number of benzene rings is 1. The first-order valence-electron chi connectivity index (χ1n) is 5.86. The summed E-state index contributed by atoms with van der Waals surface area (Å²) in [6.07, 6.45) is 0.189. The SMILES string of the molecule is CCn1c(=O)n(CCC(=O)NN)c2ccccc21. The minimum Gasteiger partial charge on any atom is -0.294 e. The van der Waals surface area contributed by atoms with Crippen LogP contribution in [0.15, 0.2) is 29.1 Å². The van der Waals surface area contributed by atoms with Crippen molar-refractivity contribution in [3.63, 3.8) is 0 Å². The van der Waals surface area contributed by atoms with E-state index in [9.17, 15) is 9.59 Å². The van der Waals surface area contributed by atoms with Gasteiger partial charge in [-0.2, -0.15) is 0 Å². The van der Waals surface area contributed by atoms with E-state index in [-0.39, 0.29) is 18.0 Å². The normalized spacial score (nSPS) is 10.8. The van der Waals surface area contributed by atoms with Crippen LogP contribution in [0.1, 0.15) is 13.3 Å². The highest BCUT2D eigenvalue weighted by molar-refractivity contribution is 5.77. The van der Waals surface area contributed by atoms with Crippen LogP contribution in [0.3, 0.4) is 0 Å². The standard InChI is InChI=1S/C12H16N4O2/c1-2-15-9-5-3-4-6-10(9)16(12(15)18)8-7-11(17)14-13/h3-6H,2,7-8,13H2,1H3,(H,14,17). The fourth-order valence-electron chi connectivity index (χ4n) is 2.08. The summed E-state index contributed by atoms with van der Waals surface area (Å²) in [4.78, 5) is 23.3. The number of hydrogen-bond acceptors (Lipinski definition) is 3. The maximum Gasteiger partial charge on any atom is 0.329 e. The summed E-state index contributed by atoms with van der Waals surface area (Å²) in [5.74, 6) is 4.74. The van der Waals surface area contributed by atoms with Crippen LogP contribution < -0.4 is 17.0 Å². The molecule has 0 aliphatic carbocycles. The molecule has 1 aromatic carbocycles. The van der Waals surface area contributed by atoms with Gasteiger partial charge >= 0.3 is 5.69 Å². The molecule has 0 saturated heterocycles. The zero-order valence-corrected chi connectivity index (χ0v) is 10.2. The van der Waals surface area contributed by atoms with Crippen molar-refractivity contribution in [2.75, 3.05) is 0 Å². The van der Waals surface area contributed by atoms with Crippen LogP contribution in [0.2, 0.25) is 0 Å². The Morgan fingerprint density at radius 3 is 2.44 bits per heavy atom. The Morgan fingerprint density at radius 1 is 1.28 bits per heavy atom. The number of rotatable bonds is 4. The first kappa shape index (κ1) is 12.4. The van der Waals surface area contributed by atoms with Crippen molar-refractivity contribution in [2.45, 2.75) is 26.4 Å². The van der Waals surface area contributed by atoms with E-state index in [4.69, 9.17) is 5.84 Å². The van der Waals surface area contributed by atoms with Crippen molar-refractivity contribution in [3.8, 4) is 0 Å². The van der Waals surface area contributed by atoms with E-state index in [0.717, 1.165) is 11.0 Å². The van der Waals surface area contributed by atoms with Gasteiger partial charge in [0.05, 0.1) is 11.0 Å². The van der Waals surface area contributed by atoms with Crippen LogP contribution in [0.5, 0.6) is 0 Å². The molecule has 0 saturated carbocycles. The van der Waals surface area contributed by atoms with Gasteiger partial charge in [0.25, 0.3) is 0 Å². The van der Waals surface area contributed by atoms with E-state index < -0.39 is 0 Å². The molecule has 1 amide bonds. The molecule has 0 spiro atoms. The lowest BCUT2D eigenvalue weighted by Crippen LogP contribution is -2.32. The lowest BCUT2D eigenvalue weighted by Gasteiger charge is -2.02. The van der Waals surface area contributed by atoms with Crippen molar-refractivity contribution < 1.29 is 4.79 Å². The smallest absolute Gasteiger partial charge is 0.294 e. The molecule has 0 aliphatic rings. The number of nitrogens with one attached hydrogen (secondary N) is 1. The highest BCUT2D eigenvalue weighted by Gasteiger charge is 2.11. The van der Waals surface area contributed by atoms with Gasteiger partial charge in [-0.25, -0.2) is 10.6 Å². The predicted molar refractivity (Wildman–Crippen MR) is 68.8 cm³/mol. The third-order valence-electron chi connectivity index (χ3n) is 2.96. The van der Waals surface area contributed by atoms with Gasteiger partial charge in [-0.05, 0) is 19.1 Å². The fourth-order valence-corrected chi connectivity index (χ4v) is 2.08. The number of carbonyl (C=O) groups excluding carboxylic acids is 1. The molecule has 18 heavy (non-hydrogen) atoms. The number of fused-ring (bicyclic) bond motifs is 1. The lowest BCUT2D eigenvalue weighted by molar-refractivity contribution is -0.121. The Labute approximate surface area is 104 Å². The second-order valence-corrected chi connectivity index (χ2v) is 3.98. The minimum absolute atomic E-state index is 0.0940. The number of imidazole rings is 1. The Balaban J connectivity index is 2.46. The quantitative estimate of drug-likeness (QED) is 0.461. The molecule has 1 heterocycles. The highest BCUT2D eigenvalue weighted by Crippen LogP contribution is 2.12. The number of nitrogens with zero attached hydrogens (tertiary/aromatic N) is 2. The van der Waals surface area contributed by atoms with Gasteiger partial charge in [0.15, 0.2) is 0 Å². The van der Waals surface area contributed by atoms with Crippen molar-refractivity contribution in [1.29, 1.82) is 0 Å². The number of aromatic nitrogens is 2. The molecular weight excluding hydrogens is 232 g/mol. The van der Waals surface area contributed by atoms with Gasteiger partial charge in [-0.15, -0.1) is 0 Å². The van der Waals surface area contributed by atoms with Gasteiger partial charge in [0.2, 0.25) is 5.91 Å². The highest BCUT2D eigenvalue weighted by atomic mass is 16.2. The Kier molecular flexibility index (Phi) is 3.47. The summed E-state index contributed by atoms with van der Waals surface area (Å²) < 4.78 is 3.30. The molecule has 6 heteroatoms. The van der Waals surface area contributed by atoms with Gasteiger partial charge < -0.3 is 0 Å². The number of para-hydroxylation sites is 2. The predicted octanol–water partition coefficient (Wildman–Crippen LogP) is 0.203.